The maximum Gasteiger partial charge on any atom is 0.502 e. The molecule has 1 atom stereocenters. The average Bonchev–Trinajstić information content (AvgIpc) is 2.34. The predicted octanol–water partition coefficient (Wildman–Crippen LogP) is 2.62. The van der Waals surface area contributed by atoms with Gasteiger partial charge < -0.3 is 10.2 Å². The van der Waals surface area contributed by atoms with Crippen molar-refractivity contribution in [3.05, 3.63) is 12.2 Å². The first-order chi connectivity index (χ1) is 10.0. The van der Waals surface area contributed by atoms with Gasteiger partial charge in [0.1, 0.15) is 0 Å². The lowest BCUT2D eigenvalue weighted by atomic mass is 10.5. The second-order valence-electron chi connectivity index (χ2n) is 4.25. The highest BCUT2D eigenvalue weighted by atomic mass is 31.2. The molecule has 0 aliphatic carbocycles. The zero-order chi connectivity index (χ0) is 17.8. The molecule has 0 rings (SSSR count). The molecule has 9 nitrogen and oxygen atoms in total. The number of hydrogen-bond acceptors (Lipinski definition) is 7. The third kappa shape index (κ3) is 16.8. The molecular formula is C12H23O9P. The van der Waals surface area contributed by atoms with Gasteiger partial charge in [0.05, 0.1) is 18.8 Å². The molecule has 0 aromatic heterocycles. The van der Waals surface area contributed by atoms with Gasteiger partial charge in [-0.05, 0) is 34.6 Å². The van der Waals surface area contributed by atoms with Crippen LogP contribution in [0.3, 0.4) is 0 Å². The number of phosphoric ester groups is 1. The summed E-state index contributed by atoms with van der Waals surface area (Å²) in [4.78, 5) is 23.9. The van der Waals surface area contributed by atoms with Crippen molar-refractivity contribution in [1.82, 2.24) is 0 Å². The van der Waals surface area contributed by atoms with Crippen LogP contribution in [0.15, 0.2) is 12.2 Å². The minimum absolute atomic E-state index is 0.195. The Morgan fingerprint density at radius 1 is 1.05 bits per heavy atom. The highest BCUT2D eigenvalue weighted by molar-refractivity contribution is 7.48. The molecule has 0 aliphatic rings. The number of rotatable bonds is 9. The Kier molecular flexibility index (Phi) is 12.9. The van der Waals surface area contributed by atoms with Crippen LogP contribution in [-0.2, 0) is 32.8 Å². The molecule has 0 amide bonds. The summed E-state index contributed by atoms with van der Waals surface area (Å²) >= 11 is 0. The van der Waals surface area contributed by atoms with Gasteiger partial charge >= 0.3 is 19.8 Å². The van der Waals surface area contributed by atoms with Crippen LogP contribution in [0, 0.1) is 0 Å². The van der Waals surface area contributed by atoms with Crippen LogP contribution in [0.5, 0.6) is 0 Å². The molecule has 0 saturated carbocycles. The number of carbonyl (C=O) groups is 2. The lowest BCUT2D eigenvalue weighted by Gasteiger charge is -2.18. The molecule has 0 aromatic rings. The van der Waals surface area contributed by atoms with Crippen molar-refractivity contribution in [2.45, 2.75) is 46.8 Å². The highest BCUT2D eigenvalue weighted by Gasteiger charge is 2.29. The van der Waals surface area contributed by atoms with E-state index in [2.05, 4.69) is 4.67 Å². The van der Waals surface area contributed by atoms with Gasteiger partial charge in [0.2, 0.25) is 0 Å². The number of phosphoric acid groups is 1. The molecule has 10 heteroatoms. The quantitative estimate of drug-likeness (QED) is 0.281. The molecule has 2 N–H and O–H groups in total. The Labute approximate surface area is 129 Å². The molecule has 0 aliphatic heterocycles. The maximum atomic E-state index is 11.7. The largest absolute Gasteiger partial charge is 0.502 e. The molecular weight excluding hydrogens is 319 g/mol. The summed E-state index contributed by atoms with van der Waals surface area (Å²) in [6, 6.07) is 0. The summed E-state index contributed by atoms with van der Waals surface area (Å²) < 4.78 is 26.3. The summed E-state index contributed by atoms with van der Waals surface area (Å²) in [6.07, 6.45) is 0.674. The smallest absolute Gasteiger partial charge is 0.478 e. The molecule has 0 radical (unpaired) electrons. The SMILES string of the molecule is CCOP(=O)(OOC(C)C)OC(C)C.O=C(O)C=CC(=O)O. The molecule has 130 valence electrons. The van der Waals surface area contributed by atoms with E-state index >= 15 is 0 Å². The summed E-state index contributed by atoms with van der Waals surface area (Å²) in [7, 11) is -3.55. The Morgan fingerprint density at radius 2 is 1.50 bits per heavy atom. The van der Waals surface area contributed by atoms with Crippen LogP contribution < -0.4 is 0 Å². The first kappa shape index (κ1) is 23.0. The van der Waals surface area contributed by atoms with Crippen LogP contribution in [0.1, 0.15) is 34.6 Å². The van der Waals surface area contributed by atoms with E-state index in [0.29, 0.717) is 12.2 Å². The zero-order valence-electron chi connectivity index (χ0n) is 13.2. The molecule has 0 bridgehead atoms. The lowest BCUT2D eigenvalue weighted by Crippen LogP contribution is -2.09. The van der Waals surface area contributed by atoms with Crippen molar-refractivity contribution in [2.75, 3.05) is 6.61 Å². The van der Waals surface area contributed by atoms with E-state index in [1.165, 1.54) is 0 Å². The van der Waals surface area contributed by atoms with E-state index in [1.54, 1.807) is 34.6 Å². The van der Waals surface area contributed by atoms with Crippen LogP contribution >= 0.6 is 7.82 Å². The molecule has 0 aromatic carbocycles. The predicted molar refractivity (Wildman–Crippen MR) is 77.2 cm³/mol. The number of carboxylic acids is 2. The third-order valence-electron chi connectivity index (χ3n) is 1.32. The van der Waals surface area contributed by atoms with Crippen molar-refractivity contribution in [3.63, 3.8) is 0 Å². The molecule has 22 heavy (non-hydrogen) atoms. The Balaban J connectivity index is 0. The fourth-order valence-corrected chi connectivity index (χ4v) is 2.02. The molecule has 1 unspecified atom stereocenters. The van der Waals surface area contributed by atoms with Crippen molar-refractivity contribution < 1.29 is 43.0 Å². The van der Waals surface area contributed by atoms with Gasteiger partial charge in [-0.15, -0.1) is 4.67 Å². The van der Waals surface area contributed by atoms with Gasteiger partial charge in [-0.1, -0.05) is 0 Å². The van der Waals surface area contributed by atoms with Gasteiger partial charge in [-0.25, -0.2) is 19.0 Å². The Morgan fingerprint density at radius 3 is 1.77 bits per heavy atom. The second-order valence-corrected chi connectivity index (χ2v) is 5.76. The molecule has 0 heterocycles. The summed E-state index contributed by atoms with van der Waals surface area (Å²) in [5.74, 6) is -2.51. The summed E-state index contributed by atoms with van der Waals surface area (Å²) in [6.45, 7) is 8.94. The van der Waals surface area contributed by atoms with Gasteiger partial charge in [-0.2, -0.15) is 0 Å². The number of hydrogen-bond donors (Lipinski definition) is 2. The minimum Gasteiger partial charge on any atom is -0.478 e. The second kappa shape index (κ2) is 12.3. The van der Waals surface area contributed by atoms with E-state index in [-0.39, 0.29) is 18.8 Å². The average molecular weight is 342 g/mol. The molecule has 0 spiro atoms. The van der Waals surface area contributed by atoms with Gasteiger partial charge in [0.25, 0.3) is 0 Å². The highest BCUT2D eigenvalue weighted by Crippen LogP contribution is 2.50. The van der Waals surface area contributed by atoms with E-state index in [1.807, 2.05) is 0 Å². The van der Waals surface area contributed by atoms with Crippen molar-refractivity contribution >= 4 is 19.8 Å². The summed E-state index contributed by atoms with van der Waals surface area (Å²) in [5, 5.41) is 15.6. The summed E-state index contributed by atoms with van der Waals surface area (Å²) in [5.41, 5.74) is 0. The first-order valence-electron chi connectivity index (χ1n) is 6.44. The van der Waals surface area contributed by atoms with Crippen molar-refractivity contribution in [2.24, 2.45) is 0 Å². The monoisotopic (exact) mass is 342 g/mol. The number of aliphatic carboxylic acids is 2. The molecule has 0 saturated heterocycles. The number of carboxylic acid groups (broad SMARTS) is 2. The standard InChI is InChI=1S/C8H19O5P.C4H4O4/c1-6-10-14(9,12-8(4)5)13-11-7(2)3;5-3(6)1-2-4(7)8/h7-8H,6H2,1-5H3;1-2H,(H,5,6)(H,7,8). The first-order valence-corrected chi connectivity index (χ1v) is 7.90. The maximum absolute atomic E-state index is 11.7. The van der Waals surface area contributed by atoms with Crippen molar-refractivity contribution in [3.8, 4) is 0 Å². The minimum atomic E-state index is -3.55. The van der Waals surface area contributed by atoms with E-state index in [9.17, 15) is 14.2 Å². The van der Waals surface area contributed by atoms with Crippen LogP contribution in [0.4, 0.5) is 0 Å². The normalized spacial score (nSPS) is 13.8. The van der Waals surface area contributed by atoms with Gasteiger partial charge in [0, 0.05) is 12.2 Å². The zero-order valence-corrected chi connectivity index (χ0v) is 14.1. The third-order valence-corrected chi connectivity index (χ3v) is 2.85. The Hall–Kier alpha value is -1.25. The topological polar surface area (TPSA) is 129 Å². The molecule has 0 fully saturated rings. The fourth-order valence-electron chi connectivity index (χ4n) is 0.767. The Bertz CT molecular complexity index is 387. The van der Waals surface area contributed by atoms with Crippen LogP contribution in [0.2, 0.25) is 0 Å². The van der Waals surface area contributed by atoms with E-state index in [0.717, 1.165) is 0 Å². The van der Waals surface area contributed by atoms with Crippen LogP contribution in [-0.4, -0.2) is 41.0 Å². The van der Waals surface area contributed by atoms with Gasteiger partial charge in [0.15, 0.2) is 0 Å². The van der Waals surface area contributed by atoms with E-state index < -0.39 is 19.8 Å². The fraction of sp³-hybridized carbons (Fsp3) is 0.667. The van der Waals surface area contributed by atoms with E-state index in [4.69, 9.17) is 24.1 Å². The van der Waals surface area contributed by atoms with Crippen LogP contribution in [0.25, 0.3) is 0 Å². The van der Waals surface area contributed by atoms with Gasteiger partial charge in [-0.3, -0.25) is 9.05 Å². The van der Waals surface area contributed by atoms with Crippen molar-refractivity contribution in [1.29, 1.82) is 0 Å². The lowest BCUT2D eigenvalue weighted by molar-refractivity contribution is -0.253.